The van der Waals surface area contributed by atoms with Gasteiger partial charge in [-0.1, -0.05) is 6.07 Å². The van der Waals surface area contributed by atoms with Crippen molar-refractivity contribution in [1.82, 2.24) is 15.5 Å². The molecule has 0 amide bonds. The van der Waals surface area contributed by atoms with E-state index in [0.29, 0.717) is 25.0 Å². The van der Waals surface area contributed by atoms with Gasteiger partial charge >= 0.3 is 6.18 Å². The van der Waals surface area contributed by atoms with Gasteiger partial charge < -0.3 is 10.6 Å². The van der Waals surface area contributed by atoms with Gasteiger partial charge in [0, 0.05) is 31.4 Å². The fourth-order valence-electron chi connectivity index (χ4n) is 3.01. The largest absolute Gasteiger partial charge is 0.389 e. The number of hydrogen-bond donors (Lipinski definition) is 2. The van der Waals surface area contributed by atoms with Crippen molar-refractivity contribution in [3.8, 4) is 0 Å². The molecule has 0 radical (unpaired) electrons. The van der Waals surface area contributed by atoms with Crippen LogP contribution in [0.3, 0.4) is 0 Å². The number of aliphatic imine (C=N–C) groups is 1. The van der Waals surface area contributed by atoms with Crippen LogP contribution in [-0.4, -0.2) is 50.3 Å². The highest BCUT2D eigenvalue weighted by Crippen LogP contribution is 2.27. The Morgan fingerprint density at radius 2 is 2.04 bits per heavy atom. The molecule has 0 bridgehead atoms. The fourth-order valence-corrected chi connectivity index (χ4v) is 3.88. The number of thiophene rings is 1. The van der Waals surface area contributed by atoms with Crippen LogP contribution in [0.2, 0.25) is 0 Å². The van der Waals surface area contributed by atoms with E-state index < -0.39 is 12.6 Å². The zero-order valence-electron chi connectivity index (χ0n) is 14.6. The molecule has 0 spiro atoms. The van der Waals surface area contributed by atoms with Gasteiger partial charge in [0.25, 0.3) is 0 Å². The highest BCUT2D eigenvalue weighted by molar-refractivity contribution is 7.10. The van der Waals surface area contributed by atoms with Crippen LogP contribution in [0, 0.1) is 0 Å². The normalized spacial score (nSPS) is 17.7. The van der Waals surface area contributed by atoms with Crippen molar-refractivity contribution in [3.63, 3.8) is 0 Å². The number of nitrogens with zero attached hydrogens (tertiary/aromatic N) is 2. The molecule has 1 aliphatic heterocycles. The molecule has 8 heteroatoms. The SMILES string of the molecule is CN=C(NCCCCC(F)(F)F)NCC(c1cccs1)N1CCCC1. The van der Waals surface area contributed by atoms with E-state index in [4.69, 9.17) is 0 Å². The van der Waals surface area contributed by atoms with E-state index in [1.54, 1.807) is 18.4 Å². The van der Waals surface area contributed by atoms with Gasteiger partial charge in [-0.05, 0) is 50.2 Å². The van der Waals surface area contributed by atoms with E-state index in [9.17, 15) is 13.2 Å². The Hall–Kier alpha value is -1.28. The molecule has 0 saturated carbocycles. The second-order valence-electron chi connectivity index (χ2n) is 6.23. The lowest BCUT2D eigenvalue weighted by Gasteiger charge is -2.27. The number of nitrogens with one attached hydrogen (secondary N) is 2. The zero-order chi connectivity index (χ0) is 18.1. The molecule has 4 nitrogen and oxygen atoms in total. The Kier molecular flexibility index (Phi) is 8.02. The van der Waals surface area contributed by atoms with Gasteiger partial charge in [0.15, 0.2) is 5.96 Å². The second-order valence-corrected chi connectivity index (χ2v) is 7.21. The standard InChI is InChI=1S/C17H27F3N4S/c1-21-16(22-9-3-2-8-17(18,19)20)23-13-14(15-7-6-12-25-15)24-10-4-5-11-24/h6-7,12,14H,2-5,8-11,13H2,1H3,(H2,21,22,23). The van der Waals surface area contributed by atoms with Gasteiger partial charge in [0.05, 0.1) is 6.04 Å². The minimum atomic E-state index is -4.07. The Labute approximate surface area is 151 Å². The molecule has 25 heavy (non-hydrogen) atoms. The van der Waals surface area contributed by atoms with Crippen molar-refractivity contribution in [1.29, 1.82) is 0 Å². The second kappa shape index (κ2) is 10.0. The summed E-state index contributed by atoms with van der Waals surface area (Å²) in [5.74, 6) is 0.646. The van der Waals surface area contributed by atoms with Crippen LogP contribution in [0.5, 0.6) is 0 Å². The van der Waals surface area contributed by atoms with Crippen molar-refractivity contribution in [2.45, 2.75) is 44.3 Å². The summed E-state index contributed by atoms with van der Waals surface area (Å²) in [4.78, 5) is 7.98. The number of likely N-dealkylation sites (tertiary alicyclic amines) is 1. The summed E-state index contributed by atoms with van der Waals surface area (Å²) in [7, 11) is 1.68. The summed E-state index contributed by atoms with van der Waals surface area (Å²) in [6.07, 6.45) is -1.72. The van der Waals surface area contributed by atoms with Crippen molar-refractivity contribution in [3.05, 3.63) is 22.4 Å². The lowest BCUT2D eigenvalue weighted by Crippen LogP contribution is -2.42. The molecule has 142 valence electrons. The summed E-state index contributed by atoms with van der Waals surface area (Å²) in [5.41, 5.74) is 0. The fraction of sp³-hybridized carbons (Fsp3) is 0.706. The number of alkyl halides is 3. The average molecular weight is 376 g/mol. The molecule has 0 aromatic carbocycles. The van der Waals surface area contributed by atoms with Gasteiger partial charge in [-0.15, -0.1) is 11.3 Å². The van der Waals surface area contributed by atoms with E-state index in [1.807, 2.05) is 0 Å². The topological polar surface area (TPSA) is 39.7 Å². The molecule has 2 rings (SSSR count). The molecule has 2 N–H and O–H groups in total. The Morgan fingerprint density at radius 3 is 2.64 bits per heavy atom. The maximum Gasteiger partial charge on any atom is 0.389 e. The van der Waals surface area contributed by atoms with Crippen LogP contribution in [-0.2, 0) is 0 Å². The van der Waals surface area contributed by atoms with E-state index in [1.165, 1.54) is 17.7 Å². The Balaban J connectivity index is 1.76. The first-order valence-corrected chi connectivity index (χ1v) is 9.66. The van der Waals surface area contributed by atoms with E-state index in [0.717, 1.165) is 19.6 Å². The van der Waals surface area contributed by atoms with E-state index in [2.05, 4.69) is 38.0 Å². The summed E-state index contributed by atoms with van der Waals surface area (Å²) in [6.45, 7) is 3.44. The Morgan fingerprint density at radius 1 is 1.28 bits per heavy atom. The molecule has 2 heterocycles. The van der Waals surface area contributed by atoms with Gasteiger partial charge in [-0.3, -0.25) is 9.89 Å². The molecular weight excluding hydrogens is 349 g/mol. The number of rotatable bonds is 8. The summed E-state index contributed by atoms with van der Waals surface area (Å²) in [6, 6.07) is 4.53. The zero-order valence-corrected chi connectivity index (χ0v) is 15.4. The third-order valence-corrected chi connectivity index (χ3v) is 5.29. The summed E-state index contributed by atoms with van der Waals surface area (Å²) in [5, 5.41) is 8.52. The third kappa shape index (κ3) is 7.23. The number of halogens is 3. The average Bonchev–Trinajstić information content (AvgIpc) is 3.26. The predicted molar refractivity (Wildman–Crippen MR) is 97.1 cm³/mol. The third-order valence-electron chi connectivity index (χ3n) is 4.32. The number of guanidine groups is 1. The van der Waals surface area contributed by atoms with Crippen molar-refractivity contribution >= 4 is 17.3 Å². The van der Waals surface area contributed by atoms with Crippen molar-refractivity contribution in [2.75, 3.05) is 33.2 Å². The number of unbranched alkanes of at least 4 members (excludes halogenated alkanes) is 1. The van der Waals surface area contributed by atoms with Crippen molar-refractivity contribution < 1.29 is 13.2 Å². The van der Waals surface area contributed by atoms with Crippen LogP contribution in [0.25, 0.3) is 0 Å². The minimum Gasteiger partial charge on any atom is -0.356 e. The molecule has 0 aliphatic carbocycles. The van der Waals surface area contributed by atoms with Crippen LogP contribution in [0.1, 0.15) is 43.0 Å². The van der Waals surface area contributed by atoms with Crippen LogP contribution in [0.15, 0.2) is 22.5 Å². The smallest absolute Gasteiger partial charge is 0.356 e. The monoisotopic (exact) mass is 376 g/mol. The molecule has 1 saturated heterocycles. The Bertz CT molecular complexity index is 510. The van der Waals surface area contributed by atoms with E-state index >= 15 is 0 Å². The van der Waals surface area contributed by atoms with Crippen LogP contribution < -0.4 is 10.6 Å². The quantitative estimate of drug-likeness (QED) is 0.412. The molecule has 1 aromatic heterocycles. The first kappa shape index (κ1) is 20.0. The van der Waals surface area contributed by atoms with Gasteiger partial charge in [-0.25, -0.2) is 0 Å². The first-order valence-electron chi connectivity index (χ1n) is 8.78. The maximum absolute atomic E-state index is 12.1. The highest BCUT2D eigenvalue weighted by atomic mass is 32.1. The van der Waals surface area contributed by atoms with E-state index in [-0.39, 0.29) is 6.42 Å². The maximum atomic E-state index is 12.1. The molecule has 1 atom stereocenters. The molecule has 1 unspecified atom stereocenters. The first-order chi connectivity index (χ1) is 12.0. The van der Waals surface area contributed by atoms with Crippen LogP contribution >= 0.6 is 11.3 Å². The summed E-state index contributed by atoms with van der Waals surface area (Å²) < 4.78 is 36.4. The lowest BCUT2D eigenvalue weighted by atomic mass is 10.2. The lowest BCUT2D eigenvalue weighted by molar-refractivity contribution is -0.135. The molecule has 1 aliphatic rings. The molecular formula is C17H27F3N4S. The molecule has 1 aromatic rings. The summed E-state index contributed by atoms with van der Waals surface area (Å²) >= 11 is 1.76. The van der Waals surface area contributed by atoms with Crippen LogP contribution in [0.4, 0.5) is 13.2 Å². The minimum absolute atomic E-state index is 0.138. The number of hydrogen-bond acceptors (Lipinski definition) is 3. The van der Waals surface area contributed by atoms with Gasteiger partial charge in [0.2, 0.25) is 0 Å². The van der Waals surface area contributed by atoms with Gasteiger partial charge in [0.1, 0.15) is 0 Å². The predicted octanol–water partition coefficient (Wildman–Crippen LogP) is 3.78. The van der Waals surface area contributed by atoms with Gasteiger partial charge in [-0.2, -0.15) is 13.2 Å². The highest BCUT2D eigenvalue weighted by Gasteiger charge is 2.26. The molecule has 1 fully saturated rings. The van der Waals surface area contributed by atoms with Crippen molar-refractivity contribution in [2.24, 2.45) is 4.99 Å².